The number of thiol groups is 1. The Morgan fingerprint density at radius 2 is 0.757 bits per heavy atom. The van der Waals surface area contributed by atoms with Crippen LogP contribution in [-0.4, -0.2) is 92.7 Å². The van der Waals surface area contributed by atoms with E-state index in [-0.39, 0.29) is 133 Å². The Morgan fingerprint density at radius 1 is 0.456 bits per heavy atom. The number of fused-ring (bicyclic) bond motifs is 4. The van der Waals surface area contributed by atoms with Crippen LogP contribution in [0, 0.1) is 69.0 Å². The minimum atomic E-state index is -0.347. The van der Waals surface area contributed by atoms with Crippen LogP contribution in [0.25, 0.3) is 43.9 Å². The van der Waals surface area contributed by atoms with Crippen LogP contribution >= 0.6 is 36.6 Å². The molecule has 8 heterocycles. The Bertz CT molecular complexity index is 4030. The van der Waals surface area contributed by atoms with Crippen molar-refractivity contribution >= 4 is 109 Å². The van der Waals surface area contributed by atoms with Gasteiger partial charge in [0.2, 0.25) is 0 Å². The van der Waals surface area contributed by atoms with Crippen molar-refractivity contribution in [2.75, 3.05) is 6.23 Å². The smallest absolute Gasteiger partial charge is 1.00 e. The van der Waals surface area contributed by atoms with E-state index in [4.69, 9.17) is 73.6 Å². The third-order valence-corrected chi connectivity index (χ3v) is 29.4. The third-order valence-electron chi connectivity index (χ3n) is 29.1. The van der Waals surface area contributed by atoms with E-state index in [0.29, 0.717) is 64.0 Å². The molecule has 4 aromatic carbocycles. The summed E-state index contributed by atoms with van der Waals surface area (Å²) in [6.07, 6.45) is 21.1. The Kier molecular flexibility index (Phi) is 21.0. The third kappa shape index (κ3) is 12.7. The number of halogens is 2. The first-order chi connectivity index (χ1) is 48.1. The van der Waals surface area contributed by atoms with Crippen molar-refractivity contribution < 1.29 is 76.6 Å². The van der Waals surface area contributed by atoms with E-state index in [1.807, 2.05) is 85.7 Å². The molecule has 0 spiro atoms. The van der Waals surface area contributed by atoms with Crippen molar-refractivity contribution in [2.45, 2.75) is 238 Å². The summed E-state index contributed by atoms with van der Waals surface area (Å²) in [5, 5.41) is 4.41. The quantitative estimate of drug-likeness (QED) is 0.0718. The molecule has 16 fully saturated rings. The van der Waals surface area contributed by atoms with Gasteiger partial charge in [-0.3, -0.25) is 0 Å². The maximum Gasteiger partial charge on any atom is 1.00 e. The minimum absolute atomic E-state index is 0. The molecule has 0 unspecified atom stereocenters. The van der Waals surface area contributed by atoms with Gasteiger partial charge in [0, 0.05) is 35.2 Å². The standard InChI is InChI=1S/C21H27BO3.C20H24BClO3.C20H26BNO3.C19H23BO3.CH4S.CH4.ClH.Li.H/c1-13(9-14-12-23-17-8-6-5-7-16(14)17)22-24-19-11-15-10-18(20(15,2)3)21(19,4)25-22;2*1-19(2)13-9-16(19)20(3)17(10-13)24-21(25-20)18(22)8-12-11-23-15-7-5-4-6-14(12)15;1-18(2)13-8-16(18)19(3)17(9-13)22-20(23-19)10-12-11-21-15-7-5-4-6-14(12)15;1-2;;;;/h5-8,12-13,15,18-19H,9-11H2,1-4H3;4-7,11,13,16-18H,8-10H2,1-3H3;4-7,11,13,16-18H,8-10,22H2,1-3H3;4-7,11,13,16-17H,8-10H2,1-3H3;2H,1H3;1H4;1H;;/q;;;;;;;+1;-1/t13-,15-,18-,19+,21-;13-,16-,17+,18+,20-;13-,16-,17+,18-,20-;13-,16-,17+,19-;;;;;/m0000...../s1/i;;;;1D;;;;. The van der Waals surface area contributed by atoms with Gasteiger partial charge in [0.05, 0.1) is 77.1 Å². The van der Waals surface area contributed by atoms with Crippen molar-refractivity contribution in [3.05, 3.63) is 144 Å². The number of hydrogen-bond donors (Lipinski definition) is 2. The minimum Gasteiger partial charge on any atom is -1.00 e. The molecule has 12 aliphatic carbocycles. The van der Waals surface area contributed by atoms with Gasteiger partial charge in [0.15, 0.2) is 0 Å². The van der Waals surface area contributed by atoms with Crippen molar-refractivity contribution in [3.63, 3.8) is 0 Å². The van der Waals surface area contributed by atoms with E-state index in [2.05, 4.69) is 139 Å². The number of alkyl halides is 1. The molecular weight excluding hydrogens is 1340 g/mol. The largest absolute Gasteiger partial charge is 1.00 e. The first-order valence-corrected chi connectivity index (χ1v) is 38.6. The fraction of sp³-hybridized carbons (Fsp3) is 0.610. The molecule has 13 nitrogen and oxygen atoms in total. The summed E-state index contributed by atoms with van der Waals surface area (Å²) in [6, 6.07) is 32.6. The molecule has 103 heavy (non-hydrogen) atoms. The predicted molar refractivity (Wildman–Crippen MR) is 417 cm³/mol. The number of nitrogens with two attached hydrogens (primary N) is 1. The second kappa shape index (κ2) is 28.4. The van der Waals surface area contributed by atoms with Gasteiger partial charge in [0.25, 0.3) is 0 Å². The maximum atomic E-state index is 6.75. The molecular formula is C82H110B4Cl2LiNO12S. The molecule has 24 rings (SSSR count). The van der Waals surface area contributed by atoms with Crippen molar-refractivity contribution in [1.82, 2.24) is 0 Å². The van der Waals surface area contributed by atoms with Crippen molar-refractivity contribution in [1.29, 1.82) is 0 Å². The molecule has 0 amide bonds. The van der Waals surface area contributed by atoms with Crippen LogP contribution in [0.5, 0.6) is 0 Å². The average molecular weight is 1460 g/mol. The van der Waals surface area contributed by atoms with Crippen LogP contribution in [0.2, 0.25) is 5.82 Å². The number of hydrogen-bond acceptors (Lipinski definition) is 14. The summed E-state index contributed by atoms with van der Waals surface area (Å²) in [6.45, 7) is 30.4. The molecule has 19 atom stereocenters. The molecule has 21 heteroatoms. The molecule has 8 aromatic rings. The normalized spacial score (nSPS) is 35.5. The van der Waals surface area contributed by atoms with E-state index in [0.717, 1.165) is 106 Å². The van der Waals surface area contributed by atoms with Gasteiger partial charge in [-0.25, -0.2) is 0 Å². The van der Waals surface area contributed by atoms with Gasteiger partial charge in [0.1, 0.15) is 22.3 Å². The topological polar surface area (TPSA) is 152 Å². The van der Waals surface area contributed by atoms with E-state index in [1.54, 1.807) is 0 Å². The van der Waals surface area contributed by atoms with Crippen molar-refractivity contribution in [3.8, 4) is 0 Å². The van der Waals surface area contributed by atoms with Crippen LogP contribution in [0.4, 0.5) is 0 Å². The van der Waals surface area contributed by atoms with E-state index in [9.17, 15) is 0 Å². The van der Waals surface area contributed by atoms with Gasteiger partial charge in [-0.1, -0.05) is 143 Å². The molecule has 8 bridgehead atoms. The van der Waals surface area contributed by atoms with E-state index >= 15 is 0 Å². The first-order valence-electron chi connectivity index (χ1n) is 38.2. The molecule has 12 saturated carbocycles. The SMILES string of the molecule is C.CC1(C)[C@@H]2C[C@H]3OB(Cc4coc5ccccc45)O[C@@]3(C)[C@H]1C2.CC1(C)[C@@H]2C[C@H]3OB([C@@H](N)Cc4coc5ccccc45)O[C@@]3(C)[C@H]1C2.CC1(C)[C@@H]2C[C@H]3OB([C@H](Cl)Cc4coc5ccccc45)O[C@@]3(C)[C@H]1C2.C[C@@H](Cc1coc2ccccc12)B1O[C@@H]2C[C@@H]3C[C@@H](C3(C)C)[C@]2(C)O1.Cl.[2H]CS.[H-].[Li+]. The van der Waals surface area contributed by atoms with Gasteiger partial charge in [-0.05, 0) is 226 Å². The number of rotatable bonds is 11. The molecule has 4 saturated heterocycles. The summed E-state index contributed by atoms with van der Waals surface area (Å²) in [7, 11) is -0.945. The first kappa shape index (κ1) is 76.2. The van der Waals surface area contributed by atoms with E-state index in [1.165, 1.54) is 47.6 Å². The second-order valence-electron chi connectivity index (χ2n) is 35.4. The zero-order chi connectivity index (χ0) is 70.7. The Hall–Kier alpha value is -3.53. The van der Waals surface area contributed by atoms with Crippen LogP contribution in [0.1, 0.15) is 174 Å². The molecule has 4 aliphatic heterocycles. The zero-order valence-corrected chi connectivity index (χ0v) is 64.9. The summed E-state index contributed by atoms with van der Waals surface area (Å²) < 4.78 is 80.1. The summed E-state index contributed by atoms with van der Waals surface area (Å²) in [4.78, 5) is 0. The Morgan fingerprint density at radius 3 is 1.16 bits per heavy atom. The molecule has 4 aromatic heterocycles. The fourth-order valence-electron chi connectivity index (χ4n) is 22.4. The summed E-state index contributed by atoms with van der Waals surface area (Å²) in [5.41, 5.74) is 15.8. The summed E-state index contributed by atoms with van der Waals surface area (Å²) in [5.74, 6) is 5.58. The maximum absolute atomic E-state index is 6.75. The number of para-hydroxylation sites is 4. The van der Waals surface area contributed by atoms with E-state index < -0.39 is 0 Å². The van der Waals surface area contributed by atoms with Gasteiger partial charge < -0.3 is 62.1 Å². The number of benzene rings is 4. The molecule has 0 radical (unpaired) electrons. The van der Waals surface area contributed by atoms with Crippen LogP contribution in [-0.2, 0) is 62.8 Å². The molecule has 16 aliphatic rings. The Balaban J connectivity index is 0.000000128. The predicted octanol–water partition coefficient (Wildman–Crippen LogP) is 16.5. The Labute approximate surface area is 644 Å². The van der Waals surface area contributed by atoms with Gasteiger partial charge in [-0.2, -0.15) is 12.6 Å². The van der Waals surface area contributed by atoms with Crippen LogP contribution < -0.4 is 24.6 Å². The van der Waals surface area contributed by atoms with Crippen LogP contribution in [0.15, 0.2) is 140 Å². The van der Waals surface area contributed by atoms with Gasteiger partial charge >= 0.3 is 47.3 Å². The molecule has 548 valence electrons. The summed E-state index contributed by atoms with van der Waals surface area (Å²) >= 11 is 10.2. The van der Waals surface area contributed by atoms with Gasteiger partial charge in [-0.15, -0.1) is 24.0 Å². The fourth-order valence-corrected chi connectivity index (χ4v) is 22.6. The molecule has 2 N–H and O–H groups in total. The second-order valence-corrected chi connectivity index (χ2v) is 36.0. The average Bonchev–Trinajstić information content (AvgIpc) is 1.66. The zero-order valence-electron chi connectivity index (χ0n) is 64.4. The monoisotopic (exact) mass is 1450 g/mol. The van der Waals surface area contributed by atoms with Crippen LogP contribution in [0.3, 0.4) is 0 Å². The number of furan rings is 4. The van der Waals surface area contributed by atoms with Crippen molar-refractivity contribution in [2.24, 2.45) is 74.7 Å².